The van der Waals surface area contributed by atoms with Gasteiger partial charge in [0.2, 0.25) is 0 Å². The van der Waals surface area contributed by atoms with Gasteiger partial charge < -0.3 is 14.6 Å². The van der Waals surface area contributed by atoms with Crippen LogP contribution in [-0.4, -0.2) is 44.6 Å². The van der Waals surface area contributed by atoms with Gasteiger partial charge in [-0.05, 0) is 31.2 Å². The summed E-state index contributed by atoms with van der Waals surface area (Å²) in [6, 6.07) is 5.70. The van der Waals surface area contributed by atoms with Crippen molar-refractivity contribution < 1.29 is 14.6 Å². The number of furan rings is 1. The molecule has 1 aliphatic heterocycles. The Morgan fingerprint density at radius 1 is 1.50 bits per heavy atom. The summed E-state index contributed by atoms with van der Waals surface area (Å²) in [6.07, 6.45) is 2.83. The first-order valence-corrected chi connectivity index (χ1v) is 7.44. The number of hydrogen-bond acceptors (Lipinski definition) is 5. The summed E-state index contributed by atoms with van der Waals surface area (Å²) in [7, 11) is 0. The molecule has 0 spiro atoms. The van der Waals surface area contributed by atoms with E-state index >= 15 is 0 Å². The predicted molar refractivity (Wildman–Crippen MR) is 81.9 cm³/mol. The average molecular weight is 303 g/mol. The molecule has 2 N–H and O–H groups in total. The second-order valence-corrected chi connectivity index (χ2v) is 5.70. The first-order chi connectivity index (χ1) is 10.7. The van der Waals surface area contributed by atoms with Gasteiger partial charge in [-0.15, -0.1) is 0 Å². The molecule has 22 heavy (non-hydrogen) atoms. The Kier molecular flexibility index (Phi) is 4.42. The quantitative estimate of drug-likeness (QED) is 0.874. The molecular formula is C16H21N3O3. The van der Waals surface area contributed by atoms with Crippen LogP contribution in [0.2, 0.25) is 0 Å². The standard InChI is InChI=1S/C16H21N3O3/c1-12(7-14-3-2-6-22-14)9-18-4-5-19-13(10-18)8-15(17-19)16(21)11-20/h2-3,6-8,16,20-21H,4-5,9-11H2,1H3/b12-7+/t16-/m0/s1. The zero-order valence-electron chi connectivity index (χ0n) is 12.6. The minimum absolute atomic E-state index is 0.300. The molecule has 0 radical (unpaired) electrons. The van der Waals surface area contributed by atoms with Crippen LogP contribution in [0.4, 0.5) is 0 Å². The predicted octanol–water partition coefficient (Wildman–Crippen LogP) is 1.42. The SMILES string of the molecule is C/C(=C\c1ccco1)CN1CCn2nc([C@@H](O)CO)cc2C1. The zero-order valence-corrected chi connectivity index (χ0v) is 12.6. The molecule has 2 aromatic rings. The van der Waals surface area contributed by atoms with E-state index in [0.717, 1.165) is 37.6 Å². The highest BCUT2D eigenvalue weighted by atomic mass is 16.3. The van der Waals surface area contributed by atoms with Gasteiger partial charge in [-0.1, -0.05) is 5.57 Å². The molecule has 0 saturated heterocycles. The maximum atomic E-state index is 9.67. The van der Waals surface area contributed by atoms with E-state index in [1.807, 2.05) is 29.0 Å². The van der Waals surface area contributed by atoms with E-state index in [1.165, 1.54) is 5.57 Å². The summed E-state index contributed by atoms with van der Waals surface area (Å²) >= 11 is 0. The first kappa shape index (κ1) is 15.0. The molecule has 0 fully saturated rings. The van der Waals surface area contributed by atoms with E-state index in [9.17, 15) is 5.11 Å². The number of fused-ring (bicyclic) bond motifs is 1. The minimum Gasteiger partial charge on any atom is -0.465 e. The lowest BCUT2D eigenvalue weighted by Crippen LogP contribution is -2.34. The number of aliphatic hydroxyl groups is 2. The summed E-state index contributed by atoms with van der Waals surface area (Å²) in [4.78, 5) is 2.33. The summed E-state index contributed by atoms with van der Waals surface area (Å²) in [5.41, 5.74) is 2.85. The Balaban J connectivity index is 1.65. The van der Waals surface area contributed by atoms with E-state index in [-0.39, 0.29) is 6.61 Å². The van der Waals surface area contributed by atoms with Crippen LogP contribution in [-0.2, 0) is 13.1 Å². The van der Waals surface area contributed by atoms with E-state index in [4.69, 9.17) is 9.52 Å². The van der Waals surface area contributed by atoms with Crippen molar-refractivity contribution in [2.75, 3.05) is 19.7 Å². The normalized spacial score (nSPS) is 17.5. The van der Waals surface area contributed by atoms with Crippen LogP contribution in [0, 0.1) is 0 Å². The molecule has 2 aromatic heterocycles. The van der Waals surface area contributed by atoms with Crippen LogP contribution < -0.4 is 0 Å². The molecule has 0 aliphatic carbocycles. The molecule has 3 rings (SSSR count). The van der Waals surface area contributed by atoms with E-state index < -0.39 is 6.10 Å². The maximum Gasteiger partial charge on any atom is 0.126 e. The highest BCUT2D eigenvalue weighted by Crippen LogP contribution is 2.19. The Bertz CT molecular complexity index is 646. The van der Waals surface area contributed by atoms with Gasteiger partial charge in [0.15, 0.2) is 0 Å². The third-order valence-corrected chi connectivity index (χ3v) is 3.82. The van der Waals surface area contributed by atoms with Gasteiger partial charge in [0.1, 0.15) is 11.9 Å². The fourth-order valence-electron chi connectivity index (χ4n) is 2.75. The van der Waals surface area contributed by atoms with E-state index in [1.54, 1.807) is 6.26 Å². The molecule has 0 bridgehead atoms. The molecule has 1 aliphatic rings. The zero-order chi connectivity index (χ0) is 15.5. The third-order valence-electron chi connectivity index (χ3n) is 3.82. The van der Waals surface area contributed by atoms with Gasteiger partial charge >= 0.3 is 0 Å². The Labute approximate surface area is 129 Å². The minimum atomic E-state index is -0.896. The van der Waals surface area contributed by atoms with Crippen molar-refractivity contribution in [3.8, 4) is 0 Å². The second-order valence-electron chi connectivity index (χ2n) is 5.70. The van der Waals surface area contributed by atoms with Gasteiger partial charge in [-0.3, -0.25) is 9.58 Å². The summed E-state index contributed by atoms with van der Waals surface area (Å²) in [5.74, 6) is 0.868. The molecule has 3 heterocycles. The molecule has 118 valence electrons. The van der Waals surface area contributed by atoms with Crippen molar-refractivity contribution in [1.29, 1.82) is 0 Å². The molecule has 6 heteroatoms. The van der Waals surface area contributed by atoms with Crippen LogP contribution in [0.3, 0.4) is 0 Å². The number of aliphatic hydroxyl groups excluding tert-OH is 2. The monoisotopic (exact) mass is 303 g/mol. The Morgan fingerprint density at radius 2 is 2.36 bits per heavy atom. The van der Waals surface area contributed by atoms with Crippen LogP contribution in [0.5, 0.6) is 0 Å². The number of rotatable bonds is 5. The van der Waals surface area contributed by atoms with Crippen molar-refractivity contribution >= 4 is 6.08 Å². The third kappa shape index (κ3) is 3.30. The van der Waals surface area contributed by atoms with Gasteiger partial charge in [-0.2, -0.15) is 5.10 Å². The average Bonchev–Trinajstić information content (AvgIpc) is 3.14. The molecule has 0 aromatic carbocycles. The fraction of sp³-hybridized carbons (Fsp3) is 0.438. The molecule has 6 nitrogen and oxygen atoms in total. The van der Waals surface area contributed by atoms with Crippen LogP contribution in [0.15, 0.2) is 34.5 Å². The summed E-state index contributed by atoms with van der Waals surface area (Å²) < 4.78 is 7.24. The smallest absolute Gasteiger partial charge is 0.126 e. The lowest BCUT2D eigenvalue weighted by molar-refractivity contribution is 0.0915. The molecule has 0 saturated carbocycles. The van der Waals surface area contributed by atoms with Crippen LogP contribution >= 0.6 is 0 Å². The van der Waals surface area contributed by atoms with Crippen molar-refractivity contribution in [3.63, 3.8) is 0 Å². The van der Waals surface area contributed by atoms with Crippen LogP contribution in [0.1, 0.15) is 30.2 Å². The van der Waals surface area contributed by atoms with Gasteiger partial charge in [0.25, 0.3) is 0 Å². The lowest BCUT2D eigenvalue weighted by Gasteiger charge is -2.27. The van der Waals surface area contributed by atoms with Gasteiger partial charge in [0, 0.05) is 19.6 Å². The largest absolute Gasteiger partial charge is 0.465 e. The molecule has 1 atom stereocenters. The van der Waals surface area contributed by atoms with Gasteiger partial charge in [0.05, 0.1) is 30.8 Å². The molecule has 0 unspecified atom stereocenters. The second kappa shape index (κ2) is 6.48. The number of hydrogen-bond donors (Lipinski definition) is 2. The first-order valence-electron chi connectivity index (χ1n) is 7.44. The van der Waals surface area contributed by atoms with Crippen molar-refractivity contribution in [2.45, 2.75) is 26.1 Å². The van der Waals surface area contributed by atoms with Crippen molar-refractivity contribution in [3.05, 3.63) is 47.2 Å². The lowest BCUT2D eigenvalue weighted by atomic mass is 10.2. The Morgan fingerprint density at radius 3 is 3.09 bits per heavy atom. The summed E-state index contributed by atoms with van der Waals surface area (Å²) in [6.45, 7) is 5.15. The topological polar surface area (TPSA) is 74.7 Å². The van der Waals surface area contributed by atoms with E-state index in [0.29, 0.717) is 5.69 Å². The van der Waals surface area contributed by atoms with Crippen molar-refractivity contribution in [2.24, 2.45) is 0 Å². The Hall–Kier alpha value is -1.89. The highest BCUT2D eigenvalue weighted by molar-refractivity contribution is 5.46. The van der Waals surface area contributed by atoms with Crippen molar-refractivity contribution in [1.82, 2.24) is 14.7 Å². The number of nitrogens with zero attached hydrogens (tertiary/aromatic N) is 3. The molecular weight excluding hydrogens is 282 g/mol. The number of aromatic nitrogens is 2. The van der Waals surface area contributed by atoms with Gasteiger partial charge in [-0.25, -0.2) is 0 Å². The maximum absolute atomic E-state index is 9.67. The van der Waals surface area contributed by atoms with Crippen LogP contribution in [0.25, 0.3) is 6.08 Å². The summed E-state index contributed by atoms with van der Waals surface area (Å²) in [5, 5.41) is 23.0. The van der Waals surface area contributed by atoms with E-state index in [2.05, 4.69) is 16.9 Å². The highest BCUT2D eigenvalue weighted by Gasteiger charge is 2.20. The fourth-order valence-corrected chi connectivity index (χ4v) is 2.75. The molecule has 0 amide bonds.